The molecule has 98 valence electrons. The molecule has 2 nitrogen and oxygen atoms in total. The van der Waals surface area contributed by atoms with Crippen LogP contribution in [0, 0.1) is 0 Å². The van der Waals surface area contributed by atoms with E-state index in [1.807, 2.05) is 24.3 Å². The van der Waals surface area contributed by atoms with Crippen LogP contribution in [0.1, 0.15) is 42.2 Å². The Morgan fingerprint density at radius 2 is 1.84 bits per heavy atom. The van der Waals surface area contributed by atoms with Gasteiger partial charge in [-0.1, -0.05) is 49.4 Å². The lowest BCUT2D eigenvalue weighted by atomic mass is 9.94. The first-order chi connectivity index (χ1) is 9.28. The highest BCUT2D eigenvalue weighted by atomic mass is 16.5. The SMILES string of the molecule is CCc1ccc(C2C[C@H](O)c3ccccc3O2)cc1. The number of benzene rings is 2. The standard InChI is InChI=1S/C17H18O2/c1-2-12-7-9-13(10-8-12)17-11-15(18)14-5-3-4-6-16(14)19-17/h3-10,15,17-18H,2,11H2,1H3/t15-,17?/m0/s1. The second-order valence-electron chi connectivity index (χ2n) is 4.99. The van der Waals surface area contributed by atoms with Gasteiger partial charge in [-0.2, -0.15) is 0 Å². The van der Waals surface area contributed by atoms with E-state index in [0.717, 1.165) is 23.3 Å². The molecule has 2 aromatic rings. The third-order valence-electron chi connectivity index (χ3n) is 3.74. The summed E-state index contributed by atoms with van der Waals surface area (Å²) in [6.07, 6.45) is 1.15. The molecule has 2 aromatic carbocycles. The summed E-state index contributed by atoms with van der Waals surface area (Å²) >= 11 is 0. The van der Waals surface area contributed by atoms with Crippen LogP contribution >= 0.6 is 0 Å². The Labute approximate surface area is 113 Å². The topological polar surface area (TPSA) is 29.5 Å². The van der Waals surface area contributed by atoms with Crippen LogP contribution in [0.3, 0.4) is 0 Å². The molecule has 0 fully saturated rings. The summed E-state index contributed by atoms with van der Waals surface area (Å²) < 4.78 is 6.00. The van der Waals surface area contributed by atoms with E-state index in [2.05, 4.69) is 31.2 Å². The van der Waals surface area contributed by atoms with Gasteiger partial charge in [0.15, 0.2) is 0 Å². The van der Waals surface area contributed by atoms with Gasteiger partial charge in [0.25, 0.3) is 0 Å². The Morgan fingerprint density at radius 3 is 2.58 bits per heavy atom. The number of aliphatic hydroxyl groups is 1. The van der Waals surface area contributed by atoms with Crippen LogP contribution in [0.15, 0.2) is 48.5 Å². The molecule has 1 N–H and O–H groups in total. The largest absolute Gasteiger partial charge is 0.485 e. The van der Waals surface area contributed by atoms with E-state index in [4.69, 9.17) is 4.74 Å². The van der Waals surface area contributed by atoms with Crippen LogP contribution in [0.5, 0.6) is 5.75 Å². The molecule has 1 aliphatic heterocycles. The maximum Gasteiger partial charge on any atom is 0.127 e. The molecule has 0 spiro atoms. The van der Waals surface area contributed by atoms with Crippen molar-refractivity contribution < 1.29 is 9.84 Å². The molecular formula is C17H18O2. The molecule has 0 aromatic heterocycles. The predicted molar refractivity (Wildman–Crippen MR) is 75.2 cm³/mol. The number of hydrogen-bond acceptors (Lipinski definition) is 2. The molecule has 0 saturated carbocycles. The molecule has 0 amide bonds. The van der Waals surface area contributed by atoms with Crippen molar-refractivity contribution in [1.29, 1.82) is 0 Å². The van der Waals surface area contributed by atoms with E-state index in [1.54, 1.807) is 0 Å². The van der Waals surface area contributed by atoms with Crippen molar-refractivity contribution in [2.24, 2.45) is 0 Å². The second-order valence-corrected chi connectivity index (χ2v) is 4.99. The summed E-state index contributed by atoms with van der Waals surface area (Å²) in [5.41, 5.74) is 3.34. The number of para-hydroxylation sites is 1. The van der Waals surface area contributed by atoms with E-state index in [0.29, 0.717) is 6.42 Å². The average Bonchev–Trinajstić information content (AvgIpc) is 2.47. The molecule has 2 heteroatoms. The minimum atomic E-state index is -0.444. The quantitative estimate of drug-likeness (QED) is 0.883. The predicted octanol–water partition coefficient (Wildman–Crippen LogP) is 3.81. The van der Waals surface area contributed by atoms with E-state index < -0.39 is 6.10 Å². The molecule has 0 saturated heterocycles. The van der Waals surface area contributed by atoms with E-state index in [9.17, 15) is 5.11 Å². The maximum absolute atomic E-state index is 10.2. The summed E-state index contributed by atoms with van der Waals surface area (Å²) in [5, 5.41) is 10.2. The Kier molecular flexibility index (Phi) is 3.26. The summed E-state index contributed by atoms with van der Waals surface area (Å²) in [6.45, 7) is 2.14. The lowest BCUT2D eigenvalue weighted by molar-refractivity contribution is 0.0657. The van der Waals surface area contributed by atoms with Gasteiger partial charge in [0, 0.05) is 12.0 Å². The van der Waals surface area contributed by atoms with Crippen LogP contribution in [-0.4, -0.2) is 5.11 Å². The fourth-order valence-corrected chi connectivity index (χ4v) is 2.57. The average molecular weight is 254 g/mol. The molecule has 0 aliphatic carbocycles. The van der Waals surface area contributed by atoms with Crippen molar-refractivity contribution in [3.8, 4) is 5.75 Å². The summed E-state index contributed by atoms with van der Waals surface area (Å²) in [6, 6.07) is 16.2. The minimum absolute atomic E-state index is 0.0594. The molecule has 1 heterocycles. The Morgan fingerprint density at radius 1 is 1.11 bits per heavy atom. The van der Waals surface area contributed by atoms with Gasteiger partial charge in [0.05, 0.1) is 6.10 Å². The normalized spacial score (nSPS) is 21.6. The van der Waals surface area contributed by atoms with Gasteiger partial charge in [-0.3, -0.25) is 0 Å². The number of aliphatic hydroxyl groups excluding tert-OH is 1. The van der Waals surface area contributed by atoms with Gasteiger partial charge >= 0.3 is 0 Å². The molecule has 0 radical (unpaired) electrons. The highest BCUT2D eigenvalue weighted by Crippen LogP contribution is 2.40. The molecule has 2 atom stereocenters. The maximum atomic E-state index is 10.2. The highest BCUT2D eigenvalue weighted by Gasteiger charge is 2.27. The van der Waals surface area contributed by atoms with Crippen molar-refractivity contribution in [2.75, 3.05) is 0 Å². The first-order valence-corrected chi connectivity index (χ1v) is 6.80. The van der Waals surface area contributed by atoms with Gasteiger partial charge in [-0.15, -0.1) is 0 Å². The van der Waals surface area contributed by atoms with Crippen LogP contribution in [-0.2, 0) is 6.42 Å². The van der Waals surface area contributed by atoms with Crippen LogP contribution in [0.25, 0.3) is 0 Å². The number of rotatable bonds is 2. The van der Waals surface area contributed by atoms with Gasteiger partial charge < -0.3 is 9.84 Å². The van der Waals surface area contributed by atoms with E-state index in [-0.39, 0.29) is 6.10 Å². The lowest BCUT2D eigenvalue weighted by Crippen LogP contribution is -2.18. The number of ether oxygens (including phenoxy) is 1. The van der Waals surface area contributed by atoms with Gasteiger partial charge in [-0.25, -0.2) is 0 Å². The van der Waals surface area contributed by atoms with Crippen molar-refractivity contribution >= 4 is 0 Å². The zero-order valence-corrected chi connectivity index (χ0v) is 11.0. The Balaban J connectivity index is 1.87. The third-order valence-corrected chi connectivity index (χ3v) is 3.74. The number of aryl methyl sites for hydroxylation is 1. The fourth-order valence-electron chi connectivity index (χ4n) is 2.57. The van der Waals surface area contributed by atoms with E-state index >= 15 is 0 Å². The van der Waals surface area contributed by atoms with Crippen molar-refractivity contribution in [3.63, 3.8) is 0 Å². The van der Waals surface area contributed by atoms with Crippen molar-refractivity contribution in [1.82, 2.24) is 0 Å². The second kappa shape index (κ2) is 5.06. The van der Waals surface area contributed by atoms with Gasteiger partial charge in [0.2, 0.25) is 0 Å². The summed E-state index contributed by atoms with van der Waals surface area (Å²) in [7, 11) is 0. The zero-order valence-electron chi connectivity index (χ0n) is 11.0. The van der Waals surface area contributed by atoms with Crippen LogP contribution < -0.4 is 4.74 Å². The smallest absolute Gasteiger partial charge is 0.127 e. The third kappa shape index (κ3) is 2.36. The van der Waals surface area contributed by atoms with Crippen molar-refractivity contribution in [3.05, 3.63) is 65.2 Å². The van der Waals surface area contributed by atoms with Crippen molar-refractivity contribution in [2.45, 2.75) is 32.0 Å². The summed E-state index contributed by atoms with van der Waals surface area (Å²) in [4.78, 5) is 0. The number of hydrogen-bond donors (Lipinski definition) is 1. The Hall–Kier alpha value is -1.80. The Bertz CT molecular complexity index is 560. The molecular weight excluding hydrogens is 236 g/mol. The highest BCUT2D eigenvalue weighted by molar-refractivity contribution is 5.38. The van der Waals surface area contributed by atoms with Crippen LogP contribution in [0.4, 0.5) is 0 Å². The number of fused-ring (bicyclic) bond motifs is 1. The minimum Gasteiger partial charge on any atom is -0.485 e. The van der Waals surface area contributed by atoms with Crippen LogP contribution in [0.2, 0.25) is 0 Å². The molecule has 19 heavy (non-hydrogen) atoms. The van der Waals surface area contributed by atoms with Gasteiger partial charge in [-0.05, 0) is 23.6 Å². The summed E-state index contributed by atoms with van der Waals surface area (Å²) in [5.74, 6) is 0.797. The first kappa shape index (κ1) is 12.2. The fraction of sp³-hybridized carbons (Fsp3) is 0.294. The zero-order chi connectivity index (χ0) is 13.2. The van der Waals surface area contributed by atoms with E-state index in [1.165, 1.54) is 5.56 Å². The van der Waals surface area contributed by atoms with Gasteiger partial charge in [0.1, 0.15) is 11.9 Å². The lowest BCUT2D eigenvalue weighted by Gasteiger charge is -2.29. The monoisotopic (exact) mass is 254 g/mol. The molecule has 1 aliphatic rings. The molecule has 3 rings (SSSR count). The molecule has 0 bridgehead atoms. The first-order valence-electron chi connectivity index (χ1n) is 6.80. The molecule has 1 unspecified atom stereocenters.